The highest BCUT2D eigenvalue weighted by molar-refractivity contribution is 7.07. The Kier molecular flexibility index (Phi) is 3.01. The molecule has 0 aliphatic carbocycles. The average molecular weight is 206 g/mol. The first-order chi connectivity index (χ1) is 6.86. The summed E-state index contributed by atoms with van der Waals surface area (Å²) in [5.74, 6) is 0. The summed E-state index contributed by atoms with van der Waals surface area (Å²) >= 11 is 1.74. The van der Waals surface area contributed by atoms with Crippen LogP contribution in [0.25, 0.3) is 0 Å². The second kappa shape index (κ2) is 4.44. The van der Waals surface area contributed by atoms with Crippen molar-refractivity contribution in [2.24, 2.45) is 0 Å². The summed E-state index contributed by atoms with van der Waals surface area (Å²) in [6.07, 6.45) is 1.95. The molecule has 2 rings (SSSR count). The van der Waals surface area contributed by atoms with Gasteiger partial charge in [0.15, 0.2) is 0 Å². The Morgan fingerprint density at radius 1 is 1.50 bits per heavy atom. The zero-order chi connectivity index (χ0) is 9.80. The van der Waals surface area contributed by atoms with Crippen molar-refractivity contribution in [1.29, 1.82) is 0 Å². The quantitative estimate of drug-likeness (QED) is 0.791. The lowest BCUT2D eigenvalue weighted by Crippen LogP contribution is -2.17. The Balaban J connectivity index is 1.87. The molecule has 3 heteroatoms. The van der Waals surface area contributed by atoms with Crippen LogP contribution in [0, 0.1) is 0 Å². The van der Waals surface area contributed by atoms with Crippen molar-refractivity contribution in [3.63, 3.8) is 0 Å². The maximum Gasteiger partial charge on any atom is 0.0362 e. The third kappa shape index (κ3) is 2.25. The van der Waals surface area contributed by atoms with Crippen LogP contribution in [-0.2, 0) is 6.54 Å². The van der Waals surface area contributed by atoms with Gasteiger partial charge in [-0.15, -0.1) is 0 Å². The molecule has 2 aromatic heterocycles. The fourth-order valence-corrected chi connectivity index (χ4v) is 2.13. The highest BCUT2D eigenvalue weighted by Gasteiger charge is 2.04. The van der Waals surface area contributed by atoms with Crippen molar-refractivity contribution in [1.82, 2.24) is 10.3 Å². The molecule has 0 bridgehead atoms. The van der Waals surface area contributed by atoms with E-state index in [1.807, 2.05) is 12.3 Å². The number of nitrogens with one attached hydrogen (secondary N) is 2. The van der Waals surface area contributed by atoms with Crippen molar-refractivity contribution in [2.75, 3.05) is 0 Å². The Hall–Kier alpha value is -1.06. The van der Waals surface area contributed by atoms with E-state index in [1.54, 1.807) is 11.3 Å². The first-order valence-corrected chi connectivity index (χ1v) is 5.68. The van der Waals surface area contributed by atoms with Gasteiger partial charge in [0.2, 0.25) is 0 Å². The van der Waals surface area contributed by atoms with Crippen LogP contribution >= 0.6 is 11.3 Å². The van der Waals surface area contributed by atoms with Gasteiger partial charge in [0, 0.05) is 24.5 Å². The minimum Gasteiger partial charge on any atom is -0.364 e. The molecule has 0 aliphatic rings. The SMILES string of the molecule is CC(NCc1ccc[nH]1)c1ccsc1. The summed E-state index contributed by atoms with van der Waals surface area (Å²) in [6, 6.07) is 6.70. The molecule has 0 saturated heterocycles. The molecular weight excluding hydrogens is 192 g/mol. The van der Waals surface area contributed by atoms with Crippen LogP contribution in [0.4, 0.5) is 0 Å². The van der Waals surface area contributed by atoms with Gasteiger partial charge in [-0.05, 0) is 41.4 Å². The molecule has 2 N–H and O–H groups in total. The second-order valence-corrected chi connectivity index (χ2v) is 4.13. The smallest absolute Gasteiger partial charge is 0.0362 e. The van der Waals surface area contributed by atoms with Gasteiger partial charge in [-0.25, -0.2) is 0 Å². The second-order valence-electron chi connectivity index (χ2n) is 3.35. The zero-order valence-corrected chi connectivity index (χ0v) is 8.97. The van der Waals surface area contributed by atoms with E-state index in [0.29, 0.717) is 6.04 Å². The van der Waals surface area contributed by atoms with Crippen LogP contribution in [0.1, 0.15) is 24.2 Å². The average Bonchev–Trinajstić information content (AvgIpc) is 2.87. The van der Waals surface area contributed by atoms with Crippen molar-refractivity contribution < 1.29 is 0 Å². The number of hydrogen-bond acceptors (Lipinski definition) is 2. The minimum atomic E-state index is 0.421. The lowest BCUT2D eigenvalue weighted by molar-refractivity contribution is 0.570. The molecule has 0 aliphatic heterocycles. The monoisotopic (exact) mass is 206 g/mol. The van der Waals surface area contributed by atoms with Crippen molar-refractivity contribution >= 4 is 11.3 Å². The Morgan fingerprint density at radius 3 is 3.07 bits per heavy atom. The van der Waals surface area contributed by atoms with Crippen LogP contribution in [-0.4, -0.2) is 4.98 Å². The van der Waals surface area contributed by atoms with E-state index >= 15 is 0 Å². The predicted molar refractivity (Wildman–Crippen MR) is 60.4 cm³/mol. The number of hydrogen-bond donors (Lipinski definition) is 2. The lowest BCUT2D eigenvalue weighted by atomic mass is 10.2. The van der Waals surface area contributed by atoms with Crippen LogP contribution in [0.3, 0.4) is 0 Å². The Bertz CT molecular complexity index is 351. The van der Waals surface area contributed by atoms with Crippen molar-refractivity contribution in [3.8, 4) is 0 Å². The largest absolute Gasteiger partial charge is 0.364 e. The number of aromatic amines is 1. The van der Waals surface area contributed by atoms with Gasteiger partial charge < -0.3 is 10.3 Å². The van der Waals surface area contributed by atoms with Crippen LogP contribution in [0.15, 0.2) is 35.2 Å². The summed E-state index contributed by atoms with van der Waals surface area (Å²) in [6.45, 7) is 3.08. The molecule has 0 radical (unpaired) electrons. The first kappa shape index (κ1) is 9.49. The molecule has 2 nitrogen and oxygen atoms in total. The highest BCUT2D eigenvalue weighted by Crippen LogP contribution is 2.15. The highest BCUT2D eigenvalue weighted by atomic mass is 32.1. The van der Waals surface area contributed by atoms with Gasteiger partial charge in [-0.2, -0.15) is 11.3 Å². The molecule has 0 fully saturated rings. The zero-order valence-electron chi connectivity index (χ0n) is 8.16. The number of H-pyrrole nitrogens is 1. The maximum absolute atomic E-state index is 3.46. The summed E-state index contributed by atoms with van der Waals surface area (Å²) in [7, 11) is 0. The van der Waals surface area contributed by atoms with Gasteiger partial charge in [0.25, 0.3) is 0 Å². The molecule has 1 unspecified atom stereocenters. The van der Waals surface area contributed by atoms with Gasteiger partial charge in [0.1, 0.15) is 0 Å². The fraction of sp³-hybridized carbons (Fsp3) is 0.273. The van der Waals surface area contributed by atoms with Gasteiger partial charge >= 0.3 is 0 Å². The van der Waals surface area contributed by atoms with Crippen molar-refractivity contribution in [3.05, 3.63) is 46.4 Å². The molecule has 2 aromatic rings. The number of aromatic nitrogens is 1. The van der Waals surface area contributed by atoms with Crippen molar-refractivity contribution in [2.45, 2.75) is 19.5 Å². The van der Waals surface area contributed by atoms with Crippen LogP contribution in [0.2, 0.25) is 0 Å². The van der Waals surface area contributed by atoms with E-state index in [4.69, 9.17) is 0 Å². The van der Waals surface area contributed by atoms with E-state index in [0.717, 1.165) is 6.54 Å². The third-order valence-corrected chi connectivity index (χ3v) is 3.01. The Labute approximate surface area is 88.0 Å². The number of thiophene rings is 1. The maximum atomic E-state index is 3.46. The van der Waals surface area contributed by atoms with E-state index in [-0.39, 0.29) is 0 Å². The summed E-state index contributed by atoms with van der Waals surface area (Å²) in [5.41, 5.74) is 2.59. The Morgan fingerprint density at radius 2 is 2.43 bits per heavy atom. The standard InChI is InChI=1S/C11H14N2S/c1-9(10-4-6-14-8-10)13-7-11-3-2-5-12-11/h2-6,8-9,12-13H,7H2,1H3. The molecule has 0 aromatic carbocycles. The molecule has 1 atom stereocenters. The summed E-state index contributed by atoms with van der Waals surface area (Å²) < 4.78 is 0. The topological polar surface area (TPSA) is 27.8 Å². The molecule has 0 amide bonds. The number of rotatable bonds is 4. The van der Waals surface area contributed by atoms with Crippen LogP contribution < -0.4 is 5.32 Å². The molecule has 0 saturated carbocycles. The van der Waals surface area contributed by atoms with Gasteiger partial charge in [-0.1, -0.05) is 0 Å². The summed E-state index contributed by atoms with van der Waals surface area (Å²) in [5, 5.41) is 7.76. The minimum absolute atomic E-state index is 0.421. The van der Waals surface area contributed by atoms with Gasteiger partial charge in [-0.3, -0.25) is 0 Å². The van der Waals surface area contributed by atoms with E-state index in [2.05, 4.69) is 40.1 Å². The third-order valence-electron chi connectivity index (χ3n) is 2.30. The van der Waals surface area contributed by atoms with E-state index < -0.39 is 0 Å². The fourth-order valence-electron chi connectivity index (χ4n) is 1.38. The van der Waals surface area contributed by atoms with E-state index in [1.165, 1.54) is 11.3 Å². The molecule has 2 heterocycles. The normalized spacial score (nSPS) is 12.9. The predicted octanol–water partition coefficient (Wildman–Crippen LogP) is 2.93. The molecular formula is C11H14N2S. The molecule has 74 valence electrons. The lowest BCUT2D eigenvalue weighted by Gasteiger charge is -2.11. The first-order valence-electron chi connectivity index (χ1n) is 4.74. The van der Waals surface area contributed by atoms with Crippen LogP contribution in [0.5, 0.6) is 0 Å². The molecule has 0 spiro atoms. The molecule has 14 heavy (non-hydrogen) atoms. The van der Waals surface area contributed by atoms with Gasteiger partial charge in [0.05, 0.1) is 0 Å². The van der Waals surface area contributed by atoms with E-state index in [9.17, 15) is 0 Å². The summed E-state index contributed by atoms with van der Waals surface area (Å²) in [4.78, 5) is 3.18.